The van der Waals surface area contributed by atoms with E-state index in [0.717, 1.165) is 25.7 Å². The molecule has 0 amide bonds. The zero-order valence-corrected chi connectivity index (χ0v) is 12.4. The van der Waals surface area contributed by atoms with E-state index in [0.29, 0.717) is 6.04 Å². The molecule has 2 atom stereocenters. The molecule has 4 nitrogen and oxygen atoms in total. The number of imidazole rings is 1. The number of hydrogen-bond acceptors (Lipinski definition) is 3. The van der Waals surface area contributed by atoms with Crippen LogP contribution in [0.15, 0.2) is 12.5 Å². The van der Waals surface area contributed by atoms with Crippen molar-refractivity contribution in [2.45, 2.75) is 57.2 Å². The standard InChI is InChI=1S/C15H26N4/c1-12(18(3)13-4-5-13)9-19-11-17-8-14(19)15(2)6-7-16-10-15/h8,11-13,16H,4-7,9-10H2,1-3H3. The van der Waals surface area contributed by atoms with Gasteiger partial charge in [-0.3, -0.25) is 4.90 Å². The molecule has 1 aliphatic carbocycles. The van der Waals surface area contributed by atoms with Crippen molar-refractivity contribution in [3.05, 3.63) is 18.2 Å². The summed E-state index contributed by atoms with van der Waals surface area (Å²) in [4.78, 5) is 6.93. The van der Waals surface area contributed by atoms with Crippen molar-refractivity contribution in [2.24, 2.45) is 0 Å². The molecule has 0 bridgehead atoms. The lowest BCUT2D eigenvalue weighted by Gasteiger charge is -2.29. The number of nitrogens with one attached hydrogen (secondary N) is 1. The molecular weight excluding hydrogens is 236 g/mol. The summed E-state index contributed by atoms with van der Waals surface area (Å²) in [5.41, 5.74) is 1.66. The summed E-state index contributed by atoms with van der Waals surface area (Å²) in [7, 11) is 2.26. The maximum atomic E-state index is 4.40. The number of nitrogens with zero attached hydrogens (tertiary/aromatic N) is 3. The van der Waals surface area contributed by atoms with E-state index in [4.69, 9.17) is 0 Å². The zero-order valence-electron chi connectivity index (χ0n) is 12.4. The molecule has 1 saturated carbocycles. The van der Waals surface area contributed by atoms with Gasteiger partial charge in [-0.2, -0.15) is 0 Å². The van der Waals surface area contributed by atoms with Crippen molar-refractivity contribution >= 4 is 0 Å². The first-order chi connectivity index (χ1) is 9.10. The number of rotatable bonds is 5. The second-order valence-corrected chi connectivity index (χ2v) is 6.66. The Bertz CT molecular complexity index is 429. The highest BCUT2D eigenvalue weighted by atomic mass is 15.2. The summed E-state index contributed by atoms with van der Waals surface area (Å²) in [6, 6.07) is 1.41. The van der Waals surface area contributed by atoms with Crippen LogP contribution in [-0.2, 0) is 12.0 Å². The lowest BCUT2D eigenvalue weighted by Crippen LogP contribution is -2.36. The highest BCUT2D eigenvalue weighted by Gasteiger charge is 2.34. The molecule has 0 aromatic carbocycles. The molecule has 1 aliphatic heterocycles. The third kappa shape index (κ3) is 2.56. The van der Waals surface area contributed by atoms with E-state index in [-0.39, 0.29) is 5.41 Å². The normalized spacial score (nSPS) is 29.1. The van der Waals surface area contributed by atoms with E-state index < -0.39 is 0 Å². The van der Waals surface area contributed by atoms with Crippen molar-refractivity contribution < 1.29 is 0 Å². The van der Waals surface area contributed by atoms with Gasteiger partial charge in [-0.05, 0) is 39.8 Å². The Morgan fingerprint density at radius 2 is 2.37 bits per heavy atom. The van der Waals surface area contributed by atoms with Crippen LogP contribution >= 0.6 is 0 Å². The minimum Gasteiger partial charge on any atom is -0.332 e. The fourth-order valence-corrected chi connectivity index (χ4v) is 3.26. The molecule has 4 heteroatoms. The molecule has 19 heavy (non-hydrogen) atoms. The van der Waals surface area contributed by atoms with Crippen molar-refractivity contribution in [2.75, 3.05) is 20.1 Å². The van der Waals surface area contributed by atoms with Crippen LogP contribution in [0.5, 0.6) is 0 Å². The van der Waals surface area contributed by atoms with Gasteiger partial charge in [-0.15, -0.1) is 0 Å². The second-order valence-electron chi connectivity index (χ2n) is 6.66. The first kappa shape index (κ1) is 13.1. The summed E-state index contributed by atoms with van der Waals surface area (Å²) in [6.45, 7) is 7.94. The Kier molecular flexibility index (Phi) is 3.39. The monoisotopic (exact) mass is 262 g/mol. The molecule has 2 fully saturated rings. The molecule has 1 aromatic rings. The van der Waals surface area contributed by atoms with Crippen LogP contribution in [0.3, 0.4) is 0 Å². The smallest absolute Gasteiger partial charge is 0.0948 e. The molecule has 0 radical (unpaired) electrons. The topological polar surface area (TPSA) is 33.1 Å². The van der Waals surface area contributed by atoms with E-state index >= 15 is 0 Å². The van der Waals surface area contributed by atoms with Crippen molar-refractivity contribution in [3.63, 3.8) is 0 Å². The van der Waals surface area contributed by atoms with Gasteiger partial charge in [0.1, 0.15) is 0 Å². The quantitative estimate of drug-likeness (QED) is 0.875. The van der Waals surface area contributed by atoms with E-state index in [2.05, 4.69) is 46.9 Å². The molecule has 1 N–H and O–H groups in total. The van der Waals surface area contributed by atoms with Crippen molar-refractivity contribution in [3.8, 4) is 0 Å². The fourth-order valence-electron chi connectivity index (χ4n) is 3.26. The molecule has 106 valence electrons. The summed E-state index contributed by atoms with van der Waals surface area (Å²) in [5.74, 6) is 0. The molecule has 1 saturated heterocycles. The zero-order chi connectivity index (χ0) is 13.5. The van der Waals surface area contributed by atoms with Gasteiger partial charge in [0.2, 0.25) is 0 Å². The van der Waals surface area contributed by atoms with Crippen LogP contribution < -0.4 is 5.32 Å². The predicted octanol–water partition coefficient (Wildman–Crippen LogP) is 1.62. The minimum atomic E-state index is 0.258. The van der Waals surface area contributed by atoms with Gasteiger partial charge in [0, 0.05) is 42.5 Å². The summed E-state index contributed by atoms with van der Waals surface area (Å²) >= 11 is 0. The number of aromatic nitrogens is 2. The van der Waals surface area contributed by atoms with E-state index in [1.165, 1.54) is 25.0 Å². The summed E-state index contributed by atoms with van der Waals surface area (Å²) in [6.07, 6.45) is 8.04. The highest BCUT2D eigenvalue weighted by molar-refractivity contribution is 5.17. The Balaban J connectivity index is 1.72. The Morgan fingerprint density at radius 1 is 1.58 bits per heavy atom. The molecule has 3 rings (SSSR count). The lowest BCUT2D eigenvalue weighted by molar-refractivity contribution is 0.222. The lowest BCUT2D eigenvalue weighted by atomic mass is 9.86. The van der Waals surface area contributed by atoms with Crippen LogP contribution in [0.25, 0.3) is 0 Å². The summed E-state index contributed by atoms with van der Waals surface area (Å²) in [5, 5.41) is 3.48. The first-order valence-corrected chi connectivity index (χ1v) is 7.53. The average molecular weight is 262 g/mol. The Labute approximate surface area is 116 Å². The van der Waals surface area contributed by atoms with Gasteiger partial charge < -0.3 is 9.88 Å². The van der Waals surface area contributed by atoms with E-state index in [9.17, 15) is 0 Å². The number of hydrogen-bond donors (Lipinski definition) is 1. The molecule has 2 aliphatic rings. The molecule has 2 unspecified atom stereocenters. The van der Waals surface area contributed by atoms with Crippen molar-refractivity contribution in [1.29, 1.82) is 0 Å². The largest absolute Gasteiger partial charge is 0.332 e. The van der Waals surface area contributed by atoms with Gasteiger partial charge in [-0.25, -0.2) is 4.98 Å². The van der Waals surface area contributed by atoms with Gasteiger partial charge in [0.25, 0.3) is 0 Å². The van der Waals surface area contributed by atoms with Gasteiger partial charge in [-0.1, -0.05) is 6.92 Å². The van der Waals surface area contributed by atoms with Gasteiger partial charge in [0.15, 0.2) is 0 Å². The summed E-state index contributed by atoms with van der Waals surface area (Å²) < 4.78 is 2.37. The van der Waals surface area contributed by atoms with Crippen molar-refractivity contribution in [1.82, 2.24) is 19.8 Å². The van der Waals surface area contributed by atoms with Crippen LogP contribution in [0, 0.1) is 0 Å². The second kappa shape index (κ2) is 4.91. The first-order valence-electron chi connectivity index (χ1n) is 7.53. The van der Waals surface area contributed by atoms with Crippen LogP contribution in [-0.4, -0.2) is 46.7 Å². The van der Waals surface area contributed by atoms with Crippen LogP contribution in [0.2, 0.25) is 0 Å². The maximum absolute atomic E-state index is 4.40. The predicted molar refractivity (Wildman–Crippen MR) is 77.3 cm³/mol. The third-order valence-corrected chi connectivity index (χ3v) is 4.98. The molecule has 0 spiro atoms. The minimum absolute atomic E-state index is 0.258. The third-order valence-electron chi connectivity index (χ3n) is 4.98. The molecule has 2 heterocycles. The van der Waals surface area contributed by atoms with Gasteiger partial charge in [0.05, 0.1) is 6.33 Å². The Hall–Kier alpha value is -0.870. The average Bonchev–Trinajstić information content (AvgIpc) is 2.98. The van der Waals surface area contributed by atoms with Crippen LogP contribution in [0.1, 0.15) is 38.8 Å². The molecule has 1 aromatic heterocycles. The number of likely N-dealkylation sites (N-methyl/N-ethyl adjacent to an activating group) is 1. The van der Waals surface area contributed by atoms with Crippen LogP contribution in [0.4, 0.5) is 0 Å². The van der Waals surface area contributed by atoms with Gasteiger partial charge >= 0.3 is 0 Å². The Morgan fingerprint density at radius 3 is 3.00 bits per heavy atom. The van der Waals surface area contributed by atoms with E-state index in [1.54, 1.807) is 0 Å². The molecular formula is C15H26N4. The maximum Gasteiger partial charge on any atom is 0.0948 e. The fraction of sp³-hybridized carbons (Fsp3) is 0.800. The highest BCUT2D eigenvalue weighted by Crippen LogP contribution is 2.31. The SMILES string of the molecule is CC(Cn1cncc1C1(C)CCNC1)N(C)C1CC1. The van der Waals surface area contributed by atoms with E-state index in [1.807, 2.05) is 6.33 Å².